The standard InChI is InChI=1S/C16H23F3N4O3/c1-23(10-16(17,18)19)14(24)9-22-15(20)21-7-6-11-4-5-12(25-2)13(8-11)26-3/h4-5,8H,6-7,9-10H2,1-3H3,(H3,20,21,22). The number of methoxy groups -OCH3 is 2. The van der Waals surface area contributed by atoms with Gasteiger partial charge in [-0.1, -0.05) is 6.07 Å². The van der Waals surface area contributed by atoms with Gasteiger partial charge in [0.1, 0.15) is 13.1 Å². The van der Waals surface area contributed by atoms with Crippen LogP contribution in [0.1, 0.15) is 5.56 Å². The number of nitrogens with one attached hydrogen (secondary N) is 1. The van der Waals surface area contributed by atoms with Gasteiger partial charge in [0, 0.05) is 13.6 Å². The number of ether oxygens (including phenoxy) is 2. The number of amides is 1. The van der Waals surface area contributed by atoms with E-state index in [-0.39, 0.29) is 5.96 Å². The van der Waals surface area contributed by atoms with Crippen LogP contribution < -0.4 is 20.5 Å². The third-order valence-corrected chi connectivity index (χ3v) is 3.39. The number of nitrogens with two attached hydrogens (primary N) is 1. The summed E-state index contributed by atoms with van der Waals surface area (Å²) in [5.74, 6) is 0.433. The normalized spacial score (nSPS) is 11.8. The van der Waals surface area contributed by atoms with Gasteiger partial charge in [-0.3, -0.25) is 4.79 Å². The molecule has 146 valence electrons. The zero-order chi connectivity index (χ0) is 19.7. The molecule has 0 saturated heterocycles. The molecule has 0 radical (unpaired) electrons. The molecular formula is C16H23F3N4O3. The lowest BCUT2D eigenvalue weighted by atomic mass is 10.1. The highest BCUT2D eigenvalue weighted by atomic mass is 19.4. The van der Waals surface area contributed by atoms with Crippen LogP contribution in [0.25, 0.3) is 0 Å². The number of hydrogen-bond donors (Lipinski definition) is 2. The summed E-state index contributed by atoms with van der Waals surface area (Å²) in [6, 6.07) is 5.47. The highest BCUT2D eigenvalue weighted by Gasteiger charge is 2.30. The molecule has 0 heterocycles. The fourth-order valence-electron chi connectivity index (χ4n) is 2.06. The van der Waals surface area contributed by atoms with E-state index in [1.807, 2.05) is 12.1 Å². The maximum absolute atomic E-state index is 12.2. The topological polar surface area (TPSA) is 89.2 Å². The second-order valence-electron chi connectivity index (χ2n) is 5.43. The summed E-state index contributed by atoms with van der Waals surface area (Å²) in [5, 5.41) is 2.80. The Bertz CT molecular complexity index is 636. The number of likely N-dealkylation sites (N-methyl/N-ethyl adjacent to an activating group) is 1. The number of halogens is 3. The van der Waals surface area contributed by atoms with E-state index in [1.54, 1.807) is 13.2 Å². The van der Waals surface area contributed by atoms with Crippen LogP contribution >= 0.6 is 0 Å². The highest BCUT2D eigenvalue weighted by Crippen LogP contribution is 2.27. The minimum absolute atomic E-state index is 0.0146. The number of carbonyl (C=O) groups is 1. The number of alkyl halides is 3. The molecular weight excluding hydrogens is 353 g/mol. The van der Waals surface area contributed by atoms with E-state index in [0.29, 0.717) is 29.4 Å². The Labute approximate surface area is 150 Å². The van der Waals surface area contributed by atoms with Crippen LogP contribution in [0, 0.1) is 0 Å². The highest BCUT2D eigenvalue weighted by molar-refractivity contribution is 5.83. The van der Waals surface area contributed by atoms with Crippen molar-refractivity contribution in [2.45, 2.75) is 12.6 Å². The molecule has 0 saturated carbocycles. The van der Waals surface area contributed by atoms with Gasteiger partial charge in [-0.2, -0.15) is 13.2 Å². The van der Waals surface area contributed by atoms with Crippen LogP contribution in [0.4, 0.5) is 13.2 Å². The van der Waals surface area contributed by atoms with E-state index < -0.39 is 25.2 Å². The van der Waals surface area contributed by atoms with Crippen LogP contribution in [0.5, 0.6) is 11.5 Å². The molecule has 0 bridgehead atoms. The van der Waals surface area contributed by atoms with Gasteiger partial charge in [0.25, 0.3) is 0 Å². The second kappa shape index (κ2) is 9.73. The summed E-state index contributed by atoms with van der Waals surface area (Å²) in [6.45, 7) is -1.35. The van der Waals surface area contributed by atoms with Gasteiger partial charge in [-0.15, -0.1) is 0 Å². The molecule has 7 nitrogen and oxygen atoms in total. The molecule has 3 N–H and O–H groups in total. The van der Waals surface area contributed by atoms with Gasteiger partial charge < -0.3 is 25.4 Å². The molecule has 10 heteroatoms. The maximum Gasteiger partial charge on any atom is 0.406 e. The number of hydrogen-bond acceptors (Lipinski definition) is 4. The molecule has 26 heavy (non-hydrogen) atoms. The molecule has 0 aromatic heterocycles. The third-order valence-electron chi connectivity index (χ3n) is 3.39. The quantitative estimate of drug-likeness (QED) is 0.525. The Hall–Kier alpha value is -2.65. The van der Waals surface area contributed by atoms with Gasteiger partial charge >= 0.3 is 6.18 Å². The summed E-state index contributed by atoms with van der Waals surface area (Å²) in [5.41, 5.74) is 6.58. The molecule has 0 aliphatic carbocycles. The summed E-state index contributed by atoms with van der Waals surface area (Å²) < 4.78 is 47.0. The first-order chi connectivity index (χ1) is 12.2. The van der Waals surface area contributed by atoms with E-state index in [2.05, 4.69) is 10.3 Å². The molecule has 0 atom stereocenters. The molecule has 0 unspecified atom stereocenters. The first-order valence-corrected chi connectivity index (χ1v) is 7.71. The van der Waals surface area contributed by atoms with Gasteiger partial charge in [-0.25, -0.2) is 4.99 Å². The molecule has 0 aliphatic rings. The van der Waals surface area contributed by atoms with Crippen LogP contribution in [0.2, 0.25) is 0 Å². The third kappa shape index (κ3) is 7.49. The van der Waals surface area contributed by atoms with Gasteiger partial charge in [0.2, 0.25) is 5.91 Å². The van der Waals surface area contributed by atoms with Crippen molar-refractivity contribution in [1.82, 2.24) is 10.2 Å². The first kappa shape index (κ1) is 21.4. The number of aliphatic imine (C=N–C) groups is 1. The van der Waals surface area contributed by atoms with Crippen molar-refractivity contribution >= 4 is 11.9 Å². The second-order valence-corrected chi connectivity index (χ2v) is 5.43. The summed E-state index contributed by atoms with van der Waals surface area (Å²) in [7, 11) is 4.15. The number of carbonyl (C=O) groups excluding carboxylic acids is 1. The van der Waals surface area contributed by atoms with E-state index in [1.165, 1.54) is 7.11 Å². The molecule has 0 aliphatic heterocycles. The minimum atomic E-state index is -4.45. The molecule has 0 fully saturated rings. The van der Waals surface area contributed by atoms with Crippen molar-refractivity contribution in [1.29, 1.82) is 0 Å². The zero-order valence-electron chi connectivity index (χ0n) is 14.9. The Morgan fingerprint density at radius 2 is 1.92 bits per heavy atom. The lowest BCUT2D eigenvalue weighted by Gasteiger charge is -2.18. The van der Waals surface area contributed by atoms with Crippen molar-refractivity contribution in [3.63, 3.8) is 0 Å². The zero-order valence-corrected chi connectivity index (χ0v) is 14.9. The Kier molecular flexibility index (Phi) is 8.01. The fraction of sp³-hybridized carbons (Fsp3) is 0.500. The lowest BCUT2D eigenvalue weighted by molar-refractivity contribution is -0.157. The van der Waals surface area contributed by atoms with Crippen molar-refractivity contribution in [3.05, 3.63) is 23.8 Å². The van der Waals surface area contributed by atoms with E-state index in [4.69, 9.17) is 15.2 Å². The van der Waals surface area contributed by atoms with Gasteiger partial charge in [0.05, 0.1) is 14.2 Å². The van der Waals surface area contributed by atoms with Crippen LogP contribution in [0.3, 0.4) is 0 Å². The number of guanidine groups is 1. The maximum atomic E-state index is 12.2. The van der Waals surface area contributed by atoms with Crippen LogP contribution in [-0.2, 0) is 11.2 Å². The molecule has 1 rings (SSSR count). The summed E-state index contributed by atoms with van der Waals surface area (Å²) in [4.78, 5) is 15.9. The summed E-state index contributed by atoms with van der Waals surface area (Å²) in [6.07, 6.45) is -3.85. The number of nitrogens with zero attached hydrogens (tertiary/aromatic N) is 2. The number of rotatable bonds is 8. The van der Waals surface area contributed by atoms with Crippen molar-refractivity contribution < 1.29 is 27.4 Å². The fourth-order valence-corrected chi connectivity index (χ4v) is 2.06. The molecule has 0 spiro atoms. The molecule has 1 aromatic carbocycles. The lowest BCUT2D eigenvalue weighted by Crippen LogP contribution is -2.38. The van der Waals surface area contributed by atoms with E-state index >= 15 is 0 Å². The predicted molar refractivity (Wildman–Crippen MR) is 91.4 cm³/mol. The monoisotopic (exact) mass is 376 g/mol. The molecule has 1 aromatic rings. The average Bonchev–Trinajstić information content (AvgIpc) is 2.57. The number of benzene rings is 1. The van der Waals surface area contributed by atoms with E-state index in [9.17, 15) is 18.0 Å². The average molecular weight is 376 g/mol. The van der Waals surface area contributed by atoms with Gasteiger partial charge in [-0.05, 0) is 24.1 Å². The Morgan fingerprint density at radius 1 is 1.27 bits per heavy atom. The Morgan fingerprint density at radius 3 is 2.50 bits per heavy atom. The van der Waals surface area contributed by atoms with Crippen LogP contribution in [-0.4, -0.2) is 63.8 Å². The van der Waals surface area contributed by atoms with Crippen molar-refractivity contribution in [2.75, 3.05) is 40.9 Å². The molecule has 1 amide bonds. The minimum Gasteiger partial charge on any atom is -0.493 e. The van der Waals surface area contributed by atoms with E-state index in [0.717, 1.165) is 12.6 Å². The van der Waals surface area contributed by atoms with Gasteiger partial charge in [0.15, 0.2) is 17.5 Å². The van der Waals surface area contributed by atoms with Crippen molar-refractivity contribution in [3.8, 4) is 11.5 Å². The SMILES string of the molecule is COc1ccc(CCNC(N)=NCC(=O)N(C)CC(F)(F)F)cc1OC. The predicted octanol–water partition coefficient (Wildman–Crippen LogP) is 1.17. The van der Waals surface area contributed by atoms with Crippen molar-refractivity contribution in [2.24, 2.45) is 10.7 Å². The smallest absolute Gasteiger partial charge is 0.406 e. The first-order valence-electron chi connectivity index (χ1n) is 7.71. The van der Waals surface area contributed by atoms with Crippen LogP contribution in [0.15, 0.2) is 23.2 Å². The largest absolute Gasteiger partial charge is 0.493 e. The summed E-state index contributed by atoms with van der Waals surface area (Å²) >= 11 is 0. The Balaban J connectivity index is 2.45.